The van der Waals surface area contributed by atoms with Gasteiger partial charge in [-0.3, -0.25) is 4.79 Å². The van der Waals surface area contributed by atoms with Gasteiger partial charge in [0.15, 0.2) is 0 Å². The molecule has 0 saturated heterocycles. The average Bonchev–Trinajstić information content (AvgIpc) is 2.85. The van der Waals surface area contributed by atoms with E-state index in [2.05, 4.69) is 0 Å². The number of carbonyl (C=O) groups is 1. The summed E-state index contributed by atoms with van der Waals surface area (Å²) >= 11 is 0. The molecule has 0 saturated carbocycles. The predicted octanol–water partition coefficient (Wildman–Crippen LogP) is 6.96. The van der Waals surface area contributed by atoms with Gasteiger partial charge in [-0.25, -0.2) is 4.79 Å². The molecule has 186 valence electrons. The molecule has 0 aliphatic carbocycles. The van der Waals surface area contributed by atoms with Crippen LogP contribution in [0, 0.1) is 0 Å². The first-order valence-corrected chi connectivity index (χ1v) is 10.9. The van der Waals surface area contributed by atoms with Crippen molar-refractivity contribution in [1.82, 2.24) is 0 Å². The Morgan fingerprint density at radius 2 is 1.61 bits per heavy atom. The van der Waals surface area contributed by atoms with Crippen molar-refractivity contribution >= 4 is 16.9 Å². The van der Waals surface area contributed by atoms with Crippen molar-refractivity contribution in [1.29, 1.82) is 0 Å². The van der Waals surface area contributed by atoms with Crippen LogP contribution in [0.1, 0.15) is 41.4 Å². The van der Waals surface area contributed by atoms with Crippen LogP contribution in [-0.2, 0) is 6.18 Å². The first-order valence-electron chi connectivity index (χ1n) is 10.9. The average molecular weight is 498 g/mol. The van der Waals surface area contributed by atoms with Crippen LogP contribution < -0.4 is 19.6 Å². The number of hydrogen-bond donors (Lipinski definition) is 0. The number of para-hydroxylation sites is 2. The third kappa shape index (κ3) is 4.91. The standard InChI is InChI=1S/C27H21F3O6/c1-15(2)17-8-4-7-11-21(17)35-24-23(31)18-13-12-16(14-22(18)36-25(24)27(28,29)30)34-26(32)19-9-5-6-10-20(19)33-3/h4-15H,1-3H3. The number of hydrogen-bond acceptors (Lipinski definition) is 6. The minimum atomic E-state index is -5.03. The Labute approximate surface area is 203 Å². The fourth-order valence-electron chi connectivity index (χ4n) is 3.63. The Balaban J connectivity index is 1.78. The lowest BCUT2D eigenvalue weighted by Crippen LogP contribution is -2.16. The van der Waals surface area contributed by atoms with Gasteiger partial charge in [-0.05, 0) is 41.8 Å². The number of fused-ring (bicyclic) bond motifs is 1. The lowest BCUT2D eigenvalue weighted by molar-refractivity contribution is -0.154. The number of benzene rings is 3. The first kappa shape index (κ1) is 24.8. The second kappa shape index (κ2) is 9.77. The van der Waals surface area contributed by atoms with E-state index in [1.54, 1.807) is 36.4 Å². The zero-order valence-electron chi connectivity index (χ0n) is 19.5. The van der Waals surface area contributed by atoms with Crippen molar-refractivity contribution in [2.45, 2.75) is 25.9 Å². The van der Waals surface area contributed by atoms with Crippen LogP contribution in [0.25, 0.3) is 11.0 Å². The Bertz CT molecular complexity index is 1490. The van der Waals surface area contributed by atoms with E-state index in [9.17, 15) is 22.8 Å². The van der Waals surface area contributed by atoms with Crippen molar-refractivity contribution in [3.8, 4) is 23.0 Å². The smallest absolute Gasteiger partial charge is 0.453 e. The van der Waals surface area contributed by atoms with Crippen LogP contribution in [0.15, 0.2) is 75.9 Å². The third-order valence-corrected chi connectivity index (χ3v) is 5.37. The molecule has 0 spiro atoms. The van der Waals surface area contributed by atoms with Gasteiger partial charge in [-0.15, -0.1) is 0 Å². The summed E-state index contributed by atoms with van der Waals surface area (Å²) in [6, 6.07) is 16.4. The molecule has 4 aromatic rings. The van der Waals surface area contributed by atoms with Gasteiger partial charge in [0.25, 0.3) is 5.76 Å². The van der Waals surface area contributed by atoms with Gasteiger partial charge in [0, 0.05) is 6.07 Å². The molecule has 9 heteroatoms. The Morgan fingerprint density at radius 3 is 2.28 bits per heavy atom. The highest BCUT2D eigenvalue weighted by atomic mass is 19.4. The van der Waals surface area contributed by atoms with Crippen LogP contribution in [0.5, 0.6) is 23.0 Å². The van der Waals surface area contributed by atoms with E-state index >= 15 is 0 Å². The van der Waals surface area contributed by atoms with Crippen LogP contribution in [0.4, 0.5) is 13.2 Å². The van der Waals surface area contributed by atoms with Gasteiger partial charge >= 0.3 is 12.1 Å². The maximum atomic E-state index is 13.9. The van der Waals surface area contributed by atoms with Crippen LogP contribution in [0.3, 0.4) is 0 Å². The van der Waals surface area contributed by atoms with Crippen molar-refractivity contribution in [3.05, 3.63) is 93.8 Å². The topological polar surface area (TPSA) is 75.0 Å². The highest BCUT2D eigenvalue weighted by Gasteiger charge is 2.40. The molecule has 0 N–H and O–H groups in total. The highest BCUT2D eigenvalue weighted by molar-refractivity contribution is 5.94. The number of esters is 1. The quantitative estimate of drug-likeness (QED) is 0.211. The van der Waals surface area contributed by atoms with Gasteiger partial charge in [-0.1, -0.05) is 44.2 Å². The number of rotatable bonds is 6. The lowest BCUT2D eigenvalue weighted by atomic mass is 10.0. The highest BCUT2D eigenvalue weighted by Crippen LogP contribution is 2.40. The molecular weight excluding hydrogens is 477 g/mol. The summed E-state index contributed by atoms with van der Waals surface area (Å²) in [5, 5.41) is -0.169. The fraction of sp³-hybridized carbons (Fsp3) is 0.185. The fourth-order valence-corrected chi connectivity index (χ4v) is 3.63. The molecule has 36 heavy (non-hydrogen) atoms. The molecule has 0 aliphatic heterocycles. The molecule has 3 aromatic carbocycles. The maximum Gasteiger partial charge on any atom is 0.453 e. The van der Waals surface area contributed by atoms with E-state index in [0.29, 0.717) is 5.56 Å². The van der Waals surface area contributed by atoms with E-state index in [4.69, 9.17) is 18.6 Å². The monoisotopic (exact) mass is 498 g/mol. The molecule has 0 bridgehead atoms. The lowest BCUT2D eigenvalue weighted by Gasteiger charge is -2.16. The van der Waals surface area contributed by atoms with Crippen LogP contribution in [0.2, 0.25) is 0 Å². The normalized spacial score (nSPS) is 11.5. The Morgan fingerprint density at radius 1 is 0.944 bits per heavy atom. The zero-order valence-corrected chi connectivity index (χ0v) is 19.5. The zero-order chi connectivity index (χ0) is 26.0. The van der Waals surface area contributed by atoms with Crippen LogP contribution in [-0.4, -0.2) is 13.1 Å². The number of ether oxygens (including phenoxy) is 3. The second-order valence-electron chi connectivity index (χ2n) is 8.13. The summed E-state index contributed by atoms with van der Waals surface area (Å²) in [5.41, 5.74) is -0.680. The van der Waals surface area contributed by atoms with E-state index < -0.39 is 34.7 Å². The van der Waals surface area contributed by atoms with Crippen LogP contribution >= 0.6 is 0 Å². The van der Waals surface area contributed by atoms with E-state index in [0.717, 1.165) is 6.07 Å². The number of methoxy groups -OCH3 is 1. The van der Waals surface area contributed by atoms with E-state index in [1.807, 2.05) is 13.8 Å². The molecule has 4 rings (SSSR count). The molecule has 1 heterocycles. The Kier molecular flexibility index (Phi) is 6.74. The molecular formula is C27H21F3O6. The minimum Gasteiger partial charge on any atom is -0.496 e. The molecule has 0 amide bonds. The number of alkyl halides is 3. The van der Waals surface area contributed by atoms with Gasteiger partial charge in [0.1, 0.15) is 28.4 Å². The maximum absolute atomic E-state index is 13.9. The second-order valence-corrected chi connectivity index (χ2v) is 8.13. The summed E-state index contributed by atoms with van der Waals surface area (Å²) in [5.74, 6) is -3.16. The largest absolute Gasteiger partial charge is 0.496 e. The molecule has 0 fully saturated rings. The van der Waals surface area contributed by atoms with E-state index in [1.165, 1.54) is 31.4 Å². The van der Waals surface area contributed by atoms with Gasteiger partial charge < -0.3 is 18.6 Å². The van der Waals surface area contributed by atoms with Gasteiger partial charge in [0.05, 0.1) is 12.5 Å². The molecule has 6 nitrogen and oxygen atoms in total. The minimum absolute atomic E-state index is 0.0662. The van der Waals surface area contributed by atoms with Crippen molar-refractivity contribution in [2.75, 3.05) is 7.11 Å². The van der Waals surface area contributed by atoms with Crippen molar-refractivity contribution < 1.29 is 36.6 Å². The summed E-state index contributed by atoms with van der Waals surface area (Å²) in [6.07, 6.45) is -5.03. The molecule has 0 atom stereocenters. The SMILES string of the molecule is COc1ccccc1C(=O)Oc1ccc2c(=O)c(Oc3ccccc3C(C)C)c(C(F)(F)F)oc2c1. The van der Waals surface area contributed by atoms with Gasteiger partial charge in [0.2, 0.25) is 11.2 Å². The molecule has 0 aliphatic rings. The molecule has 1 aromatic heterocycles. The summed E-state index contributed by atoms with van der Waals surface area (Å²) in [7, 11) is 1.38. The van der Waals surface area contributed by atoms with Gasteiger partial charge in [-0.2, -0.15) is 13.2 Å². The summed E-state index contributed by atoms with van der Waals surface area (Å²) in [4.78, 5) is 25.7. The third-order valence-electron chi connectivity index (χ3n) is 5.37. The Hall–Kier alpha value is -4.27. The van der Waals surface area contributed by atoms with Crippen molar-refractivity contribution in [3.63, 3.8) is 0 Å². The summed E-state index contributed by atoms with van der Waals surface area (Å²) in [6.45, 7) is 3.70. The van der Waals surface area contributed by atoms with E-state index in [-0.39, 0.29) is 34.1 Å². The number of halogens is 3. The molecule has 0 unspecified atom stereocenters. The molecule has 0 radical (unpaired) electrons. The predicted molar refractivity (Wildman–Crippen MR) is 126 cm³/mol. The first-order chi connectivity index (χ1) is 17.1. The number of carbonyl (C=O) groups excluding carboxylic acids is 1. The van der Waals surface area contributed by atoms with Crippen molar-refractivity contribution in [2.24, 2.45) is 0 Å². The summed E-state index contributed by atoms with van der Waals surface area (Å²) < 4.78 is 62.8.